The van der Waals surface area contributed by atoms with Gasteiger partial charge in [-0.15, -0.1) is 22.7 Å². The molecule has 4 rings (SSSR count). The molecule has 3 aromatic rings. The van der Waals surface area contributed by atoms with Crippen LogP contribution >= 0.6 is 22.7 Å². The number of anilines is 1. The van der Waals surface area contributed by atoms with E-state index < -0.39 is 0 Å². The number of nitrogens with one attached hydrogen (secondary N) is 1. The second kappa shape index (κ2) is 6.45. The summed E-state index contributed by atoms with van der Waals surface area (Å²) >= 11 is 3.14. The molecule has 2 heterocycles. The van der Waals surface area contributed by atoms with Crippen molar-refractivity contribution in [2.45, 2.75) is 32.6 Å². The molecule has 0 atom stereocenters. The quantitative estimate of drug-likeness (QED) is 0.740. The molecule has 6 heteroatoms. The smallest absolute Gasteiger partial charge is 0.277 e. The highest BCUT2D eigenvalue weighted by Crippen LogP contribution is 2.32. The summed E-state index contributed by atoms with van der Waals surface area (Å²) < 4.78 is 0. The van der Waals surface area contributed by atoms with Crippen LogP contribution in [0, 0.1) is 6.92 Å². The molecule has 0 saturated heterocycles. The van der Waals surface area contributed by atoms with Gasteiger partial charge in [0, 0.05) is 4.88 Å². The molecule has 1 aliphatic carbocycles. The normalized spacial score (nSPS) is 13.5. The van der Waals surface area contributed by atoms with Gasteiger partial charge >= 0.3 is 0 Å². The molecular formula is C18H17N3OS2. The van der Waals surface area contributed by atoms with Gasteiger partial charge in [-0.3, -0.25) is 10.1 Å². The number of benzene rings is 1. The summed E-state index contributed by atoms with van der Waals surface area (Å²) in [6.45, 7) is 1.93. The standard InChI is InChI=1S/C18H17N3OS2/c1-11-19-15(16(23-11)12-7-3-2-4-8-12)17(22)21-18-20-13-9-5-6-10-14(13)24-18/h2-4,7-8H,5-6,9-10H2,1H3,(H,20,21,22). The molecule has 0 radical (unpaired) electrons. The molecule has 4 nitrogen and oxygen atoms in total. The maximum atomic E-state index is 12.7. The largest absolute Gasteiger partial charge is 0.296 e. The lowest BCUT2D eigenvalue weighted by Crippen LogP contribution is -2.13. The van der Waals surface area contributed by atoms with Crippen molar-refractivity contribution < 1.29 is 4.79 Å². The first kappa shape index (κ1) is 15.5. The monoisotopic (exact) mass is 355 g/mol. The number of carbonyl (C=O) groups is 1. The molecular weight excluding hydrogens is 338 g/mol. The van der Waals surface area contributed by atoms with Gasteiger partial charge in [0.05, 0.1) is 15.6 Å². The Morgan fingerprint density at radius 3 is 2.67 bits per heavy atom. The van der Waals surface area contributed by atoms with Gasteiger partial charge in [-0.1, -0.05) is 30.3 Å². The Labute approximate surface area is 148 Å². The fraction of sp³-hybridized carbons (Fsp3) is 0.278. The van der Waals surface area contributed by atoms with Crippen LogP contribution in [0.3, 0.4) is 0 Å². The van der Waals surface area contributed by atoms with Gasteiger partial charge in [0.15, 0.2) is 5.13 Å². The van der Waals surface area contributed by atoms with Crippen LogP contribution in [-0.4, -0.2) is 15.9 Å². The summed E-state index contributed by atoms with van der Waals surface area (Å²) in [7, 11) is 0. The van der Waals surface area contributed by atoms with Crippen molar-refractivity contribution >= 4 is 33.7 Å². The predicted octanol–water partition coefficient (Wildman–Crippen LogP) is 4.71. The zero-order valence-electron chi connectivity index (χ0n) is 13.3. The fourth-order valence-corrected chi connectivity index (χ4v) is 4.89. The van der Waals surface area contributed by atoms with Gasteiger partial charge in [-0.25, -0.2) is 9.97 Å². The van der Waals surface area contributed by atoms with Crippen molar-refractivity contribution in [3.05, 3.63) is 51.6 Å². The summed E-state index contributed by atoms with van der Waals surface area (Å²) in [5.41, 5.74) is 2.66. The molecule has 1 aromatic carbocycles. The first-order valence-electron chi connectivity index (χ1n) is 8.03. The number of carbonyl (C=O) groups excluding carboxylic acids is 1. The lowest BCUT2D eigenvalue weighted by atomic mass is 10.0. The Morgan fingerprint density at radius 1 is 1.08 bits per heavy atom. The SMILES string of the molecule is Cc1nc(C(=O)Nc2nc3c(s2)CCCC3)c(-c2ccccc2)s1. The molecule has 0 bridgehead atoms. The van der Waals surface area contributed by atoms with Crippen LogP contribution in [0.2, 0.25) is 0 Å². The van der Waals surface area contributed by atoms with Crippen LogP contribution in [-0.2, 0) is 12.8 Å². The fourth-order valence-electron chi connectivity index (χ4n) is 2.93. The zero-order valence-corrected chi connectivity index (χ0v) is 15.0. The van der Waals surface area contributed by atoms with Crippen LogP contribution in [0.1, 0.15) is 38.9 Å². The van der Waals surface area contributed by atoms with Crippen molar-refractivity contribution in [3.63, 3.8) is 0 Å². The Bertz CT molecular complexity index is 860. The van der Waals surface area contributed by atoms with E-state index in [1.807, 2.05) is 37.3 Å². The van der Waals surface area contributed by atoms with E-state index >= 15 is 0 Å². The van der Waals surface area contributed by atoms with E-state index in [0.29, 0.717) is 10.8 Å². The number of rotatable bonds is 3. The minimum Gasteiger partial charge on any atom is -0.296 e. The summed E-state index contributed by atoms with van der Waals surface area (Å²) in [5.74, 6) is -0.177. The van der Waals surface area contributed by atoms with E-state index in [0.717, 1.165) is 34.0 Å². The van der Waals surface area contributed by atoms with Gasteiger partial charge in [0.2, 0.25) is 0 Å². The lowest BCUT2D eigenvalue weighted by molar-refractivity contribution is 0.102. The molecule has 2 aromatic heterocycles. The van der Waals surface area contributed by atoms with E-state index in [9.17, 15) is 4.79 Å². The zero-order chi connectivity index (χ0) is 16.5. The third-order valence-electron chi connectivity index (χ3n) is 4.05. The van der Waals surface area contributed by atoms with Crippen molar-refractivity contribution in [1.82, 2.24) is 9.97 Å². The molecule has 0 saturated carbocycles. The van der Waals surface area contributed by atoms with Crippen LogP contribution in [0.25, 0.3) is 10.4 Å². The molecule has 0 fully saturated rings. The number of fused-ring (bicyclic) bond motifs is 1. The molecule has 1 aliphatic rings. The highest BCUT2D eigenvalue weighted by molar-refractivity contribution is 7.16. The number of aromatic nitrogens is 2. The summed E-state index contributed by atoms with van der Waals surface area (Å²) in [6, 6.07) is 9.93. The van der Waals surface area contributed by atoms with Crippen molar-refractivity contribution in [3.8, 4) is 10.4 Å². The number of nitrogens with zero attached hydrogens (tertiary/aromatic N) is 2. The van der Waals surface area contributed by atoms with Crippen molar-refractivity contribution in [2.24, 2.45) is 0 Å². The average Bonchev–Trinajstić information content (AvgIpc) is 3.18. The number of aryl methyl sites for hydroxylation is 3. The predicted molar refractivity (Wildman–Crippen MR) is 99.0 cm³/mol. The summed E-state index contributed by atoms with van der Waals surface area (Å²) in [6.07, 6.45) is 4.50. The van der Waals surface area contributed by atoms with E-state index in [1.54, 1.807) is 22.7 Å². The van der Waals surface area contributed by atoms with Crippen LogP contribution in [0.15, 0.2) is 30.3 Å². The molecule has 24 heavy (non-hydrogen) atoms. The molecule has 0 aliphatic heterocycles. The van der Waals surface area contributed by atoms with Crippen LogP contribution in [0.4, 0.5) is 5.13 Å². The Balaban J connectivity index is 1.62. The van der Waals surface area contributed by atoms with E-state index in [2.05, 4.69) is 15.3 Å². The maximum absolute atomic E-state index is 12.7. The molecule has 1 amide bonds. The van der Waals surface area contributed by atoms with Crippen molar-refractivity contribution in [2.75, 3.05) is 5.32 Å². The number of thiazole rings is 2. The topological polar surface area (TPSA) is 54.9 Å². The Hall–Kier alpha value is -2.05. The van der Waals surface area contributed by atoms with E-state index in [4.69, 9.17) is 0 Å². The highest BCUT2D eigenvalue weighted by Gasteiger charge is 2.21. The van der Waals surface area contributed by atoms with Gasteiger partial charge in [0.1, 0.15) is 5.69 Å². The number of hydrogen-bond acceptors (Lipinski definition) is 5. The Morgan fingerprint density at radius 2 is 1.88 bits per heavy atom. The number of amides is 1. The van der Waals surface area contributed by atoms with Gasteiger partial charge in [0.25, 0.3) is 5.91 Å². The minimum atomic E-state index is -0.177. The first-order valence-corrected chi connectivity index (χ1v) is 9.67. The van der Waals surface area contributed by atoms with Gasteiger partial charge in [-0.05, 0) is 38.2 Å². The lowest BCUT2D eigenvalue weighted by Gasteiger charge is -2.06. The van der Waals surface area contributed by atoms with E-state index in [1.165, 1.54) is 17.7 Å². The third kappa shape index (κ3) is 2.99. The Kier molecular flexibility index (Phi) is 4.16. The highest BCUT2D eigenvalue weighted by atomic mass is 32.1. The van der Waals surface area contributed by atoms with Crippen LogP contribution < -0.4 is 5.32 Å². The van der Waals surface area contributed by atoms with Gasteiger partial charge < -0.3 is 0 Å². The van der Waals surface area contributed by atoms with Crippen molar-refractivity contribution in [1.29, 1.82) is 0 Å². The molecule has 122 valence electrons. The summed E-state index contributed by atoms with van der Waals surface area (Å²) in [4.78, 5) is 24.0. The van der Waals surface area contributed by atoms with Crippen LogP contribution in [0.5, 0.6) is 0 Å². The van der Waals surface area contributed by atoms with Gasteiger partial charge in [-0.2, -0.15) is 0 Å². The van der Waals surface area contributed by atoms with E-state index in [-0.39, 0.29) is 5.91 Å². The average molecular weight is 355 g/mol. The maximum Gasteiger partial charge on any atom is 0.277 e. The second-order valence-corrected chi connectivity index (χ2v) is 8.11. The summed E-state index contributed by atoms with van der Waals surface area (Å²) in [5, 5.41) is 4.53. The second-order valence-electron chi connectivity index (χ2n) is 5.83. The molecule has 0 spiro atoms. The molecule has 1 N–H and O–H groups in total. The third-order valence-corrected chi connectivity index (χ3v) is 6.14. The molecule has 0 unspecified atom stereocenters. The first-order chi connectivity index (χ1) is 11.7. The number of hydrogen-bond donors (Lipinski definition) is 1. The minimum absolute atomic E-state index is 0.177.